The molecule has 0 fully saturated rings. The van der Waals surface area contributed by atoms with Crippen molar-refractivity contribution in [1.29, 1.82) is 0 Å². The molecular formula is C12H20O3. The predicted octanol–water partition coefficient (Wildman–Crippen LogP) is 2.41. The number of aliphatic hydroxyl groups is 1. The van der Waals surface area contributed by atoms with Gasteiger partial charge in [-0.3, -0.25) is 4.79 Å². The van der Waals surface area contributed by atoms with E-state index in [4.69, 9.17) is 15.0 Å². The summed E-state index contributed by atoms with van der Waals surface area (Å²) in [6.07, 6.45) is 0. The maximum atomic E-state index is 9.00. The maximum Gasteiger partial charge on any atom is 0.300 e. The van der Waals surface area contributed by atoms with Gasteiger partial charge in [-0.15, -0.1) is 0 Å². The van der Waals surface area contributed by atoms with Crippen LogP contribution in [-0.4, -0.2) is 22.8 Å². The van der Waals surface area contributed by atoms with Crippen molar-refractivity contribution in [3.63, 3.8) is 0 Å². The predicted molar refractivity (Wildman–Crippen MR) is 61.7 cm³/mol. The normalized spacial score (nSPS) is 8.07. The van der Waals surface area contributed by atoms with Crippen molar-refractivity contribution in [1.82, 2.24) is 0 Å². The zero-order valence-electron chi connectivity index (χ0n) is 9.55. The number of carboxylic acids is 1. The SMILES string of the molecule is CC(=O)O.CC(C)CO.c1ccccc1. The molecule has 0 aromatic heterocycles. The number of aliphatic hydroxyl groups excluding tert-OH is 1. The van der Waals surface area contributed by atoms with Gasteiger partial charge >= 0.3 is 0 Å². The maximum absolute atomic E-state index is 9.00. The molecule has 0 saturated heterocycles. The molecule has 0 heterocycles. The average Bonchev–Trinajstić information content (AvgIpc) is 2.20. The summed E-state index contributed by atoms with van der Waals surface area (Å²) in [6, 6.07) is 12.0. The fraction of sp³-hybridized carbons (Fsp3) is 0.417. The van der Waals surface area contributed by atoms with E-state index in [0.717, 1.165) is 6.92 Å². The largest absolute Gasteiger partial charge is 0.481 e. The van der Waals surface area contributed by atoms with E-state index in [1.165, 1.54) is 0 Å². The monoisotopic (exact) mass is 212 g/mol. The highest BCUT2D eigenvalue weighted by molar-refractivity contribution is 5.62. The Hall–Kier alpha value is -1.35. The van der Waals surface area contributed by atoms with Crippen molar-refractivity contribution >= 4 is 5.97 Å². The Morgan fingerprint density at radius 3 is 1.27 bits per heavy atom. The average molecular weight is 212 g/mol. The van der Waals surface area contributed by atoms with Crippen LogP contribution in [0.3, 0.4) is 0 Å². The van der Waals surface area contributed by atoms with Crippen molar-refractivity contribution < 1.29 is 15.0 Å². The Bertz CT molecular complexity index is 189. The van der Waals surface area contributed by atoms with Crippen molar-refractivity contribution in [2.45, 2.75) is 20.8 Å². The summed E-state index contributed by atoms with van der Waals surface area (Å²) >= 11 is 0. The van der Waals surface area contributed by atoms with E-state index in [0.29, 0.717) is 12.5 Å². The van der Waals surface area contributed by atoms with Crippen LogP contribution < -0.4 is 0 Å². The molecule has 0 bridgehead atoms. The lowest BCUT2D eigenvalue weighted by Gasteiger charge is -1.90. The van der Waals surface area contributed by atoms with E-state index >= 15 is 0 Å². The highest BCUT2D eigenvalue weighted by Crippen LogP contribution is 1.83. The number of aliphatic carboxylic acids is 1. The summed E-state index contributed by atoms with van der Waals surface area (Å²) in [7, 11) is 0. The first kappa shape index (κ1) is 16.1. The number of hydrogen-bond donors (Lipinski definition) is 2. The minimum absolute atomic E-state index is 0.306. The van der Waals surface area contributed by atoms with E-state index in [1.54, 1.807) is 0 Å². The van der Waals surface area contributed by atoms with Crippen LogP contribution in [0.15, 0.2) is 36.4 Å². The van der Waals surface area contributed by atoms with E-state index in [-0.39, 0.29) is 0 Å². The lowest BCUT2D eigenvalue weighted by atomic mass is 10.2. The van der Waals surface area contributed by atoms with Gasteiger partial charge in [0.15, 0.2) is 0 Å². The molecule has 0 radical (unpaired) electrons. The summed E-state index contributed by atoms with van der Waals surface area (Å²) in [5.74, 6) is -0.394. The minimum Gasteiger partial charge on any atom is -0.481 e. The Kier molecular flexibility index (Phi) is 13.6. The summed E-state index contributed by atoms with van der Waals surface area (Å²) < 4.78 is 0. The molecule has 1 aromatic carbocycles. The number of carbonyl (C=O) groups is 1. The van der Waals surface area contributed by atoms with Gasteiger partial charge in [0.05, 0.1) is 0 Å². The molecule has 0 atom stereocenters. The second kappa shape index (κ2) is 12.7. The van der Waals surface area contributed by atoms with Gasteiger partial charge in [-0.05, 0) is 5.92 Å². The van der Waals surface area contributed by atoms with Gasteiger partial charge in [-0.1, -0.05) is 50.2 Å². The fourth-order valence-corrected chi connectivity index (χ4v) is 0.385. The topological polar surface area (TPSA) is 57.5 Å². The molecule has 0 aliphatic rings. The summed E-state index contributed by atoms with van der Waals surface area (Å²) in [6.45, 7) is 5.33. The number of carboxylic acid groups (broad SMARTS) is 1. The minimum atomic E-state index is -0.833. The summed E-state index contributed by atoms with van der Waals surface area (Å²) in [5.41, 5.74) is 0. The van der Waals surface area contributed by atoms with Gasteiger partial charge in [0, 0.05) is 13.5 Å². The van der Waals surface area contributed by atoms with Crippen LogP contribution in [0.25, 0.3) is 0 Å². The molecule has 2 N–H and O–H groups in total. The zero-order chi connectivity index (χ0) is 12.1. The zero-order valence-corrected chi connectivity index (χ0v) is 9.55. The van der Waals surface area contributed by atoms with E-state index < -0.39 is 5.97 Å². The molecule has 86 valence electrons. The molecule has 0 unspecified atom stereocenters. The first-order valence-corrected chi connectivity index (χ1v) is 4.81. The smallest absolute Gasteiger partial charge is 0.300 e. The molecule has 3 nitrogen and oxygen atoms in total. The van der Waals surface area contributed by atoms with Gasteiger partial charge < -0.3 is 10.2 Å². The van der Waals surface area contributed by atoms with E-state index in [2.05, 4.69) is 0 Å². The third-order valence-electron chi connectivity index (χ3n) is 1.03. The van der Waals surface area contributed by atoms with Crippen molar-refractivity contribution in [3.8, 4) is 0 Å². The number of rotatable bonds is 1. The van der Waals surface area contributed by atoms with Crippen molar-refractivity contribution in [2.75, 3.05) is 6.61 Å². The van der Waals surface area contributed by atoms with Crippen LogP contribution in [0.1, 0.15) is 20.8 Å². The van der Waals surface area contributed by atoms with Crippen LogP contribution in [0.2, 0.25) is 0 Å². The Balaban J connectivity index is 0. The molecule has 1 aromatic rings. The van der Waals surface area contributed by atoms with Gasteiger partial charge in [-0.25, -0.2) is 0 Å². The summed E-state index contributed by atoms with van der Waals surface area (Å²) in [5, 5.41) is 15.6. The molecule has 3 heteroatoms. The van der Waals surface area contributed by atoms with Crippen LogP contribution in [-0.2, 0) is 4.79 Å². The van der Waals surface area contributed by atoms with Crippen molar-refractivity contribution in [3.05, 3.63) is 36.4 Å². The van der Waals surface area contributed by atoms with E-state index in [9.17, 15) is 0 Å². The molecule has 15 heavy (non-hydrogen) atoms. The Morgan fingerprint density at radius 1 is 1.07 bits per heavy atom. The first-order chi connectivity index (χ1) is 7.00. The molecule has 0 spiro atoms. The number of benzene rings is 1. The Morgan fingerprint density at radius 2 is 1.20 bits per heavy atom. The summed E-state index contributed by atoms with van der Waals surface area (Å²) in [4.78, 5) is 9.00. The third-order valence-corrected chi connectivity index (χ3v) is 1.03. The fourth-order valence-electron chi connectivity index (χ4n) is 0.385. The van der Waals surface area contributed by atoms with Gasteiger partial charge in [0.2, 0.25) is 0 Å². The Labute approximate surface area is 91.4 Å². The van der Waals surface area contributed by atoms with Gasteiger partial charge in [0.1, 0.15) is 0 Å². The highest BCUT2D eigenvalue weighted by Gasteiger charge is 1.81. The quantitative estimate of drug-likeness (QED) is 0.751. The molecule has 0 aliphatic carbocycles. The standard InChI is InChI=1S/C6H6.C4H10O.C2H4O2/c1-2-4-6-5-3-1;1-4(2)3-5;1-2(3)4/h1-6H;4-5H,3H2,1-2H3;1H3,(H,3,4). The van der Waals surface area contributed by atoms with Crippen LogP contribution >= 0.6 is 0 Å². The molecule has 0 amide bonds. The molecular weight excluding hydrogens is 192 g/mol. The van der Waals surface area contributed by atoms with Gasteiger partial charge in [-0.2, -0.15) is 0 Å². The lowest BCUT2D eigenvalue weighted by molar-refractivity contribution is -0.134. The van der Waals surface area contributed by atoms with Crippen LogP contribution in [0.5, 0.6) is 0 Å². The third kappa shape index (κ3) is 32.4. The first-order valence-electron chi connectivity index (χ1n) is 4.81. The molecule has 1 rings (SSSR count). The second-order valence-electron chi connectivity index (χ2n) is 3.25. The second-order valence-corrected chi connectivity index (χ2v) is 3.25. The molecule has 0 saturated carbocycles. The highest BCUT2D eigenvalue weighted by atomic mass is 16.4. The lowest BCUT2D eigenvalue weighted by Crippen LogP contribution is -1.90. The van der Waals surface area contributed by atoms with Crippen LogP contribution in [0.4, 0.5) is 0 Å². The molecule has 0 aliphatic heterocycles. The van der Waals surface area contributed by atoms with Gasteiger partial charge in [0.25, 0.3) is 5.97 Å². The van der Waals surface area contributed by atoms with E-state index in [1.807, 2.05) is 50.2 Å². The van der Waals surface area contributed by atoms with Crippen LogP contribution in [0, 0.1) is 5.92 Å². The number of hydrogen-bond acceptors (Lipinski definition) is 2. The van der Waals surface area contributed by atoms with Crippen molar-refractivity contribution in [2.24, 2.45) is 5.92 Å².